The first-order valence-corrected chi connectivity index (χ1v) is 5.56. The Balaban J connectivity index is 2.28. The summed E-state index contributed by atoms with van der Waals surface area (Å²) in [6.45, 7) is 4.06. The van der Waals surface area contributed by atoms with Gasteiger partial charge in [0.1, 0.15) is 5.52 Å². The van der Waals surface area contributed by atoms with E-state index in [-0.39, 0.29) is 12.1 Å². The number of hydrogen-bond donors (Lipinski definition) is 3. The van der Waals surface area contributed by atoms with Crippen LogP contribution in [0.2, 0.25) is 0 Å². The van der Waals surface area contributed by atoms with Gasteiger partial charge in [-0.25, -0.2) is 0 Å². The molecule has 2 rings (SSSR count). The third-order valence-electron chi connectivity index (χ3n) is 2.63. The molecule has 0 atom stereocenters. The number of rotatable bonds is 4. The van der Waals surface area contributed by atoms with E-state index < -0.39 is 0 Å². The molecule has 2 aromatic rings. The lowest BCUT2D eigenvalue weighted by Crippen LogP contribution is -2.32. The van der Waals surface area contributed by atoms with Crippen molar-refractivity contribution in [2.45, 2.75) is 25.8 Å². The van der Waals surface area contributed by atoms with Gasteiger partial charge in [-0.3, -0.25) is 0 Å². The van der Waals surface area contributed by atoms with Crippen LogP contribution in [0.5, 0.6) is 0 Å². The van der Waals surface area contributed by atoms with Gasteiger partial charge in [0, 0.05) is 12.1 Å². The van der Waals surface area contributed by atoms with Crippen molar-refractivity contribution in [1.82, 2.24) is 4.98 Å². The molecule has 4 N–H and O–H groups in total. The second-order valence-corrected chi connectivity index (χ2v) is 4.70. The van der Waals surface area contributed by atoms with Crippen LogP contribution < -0.4 is 11.1 Å². The average Bonchev–Trinajstić information content (AvgIpc) is 2.60. The summed E-state index contributed by atoms with van der Waals surface area (Å²) in [7, 11) is 0. The van der Waals surface area contributed by atoms with Gasteiger partial charge < -0.3 is 20.6 Å². The number of benzene rings is 1. The SMILES string of the molecule is CC(C)(CCO)Nc1nc2c(N)cccc2o1. The summed E-state index contributed by atoms with van der Waals surface area (Å²) in [4.78, 5) is 4.30. The van der Waals surface area contributed by atoms with Crippen LogP contribution in [-0.2, 0) is 0 Å². The quantitative estimate of drug-likeness (QED) is 0.706. The number of nitrogen functional groups attached to an aromatic ring is 1. The molecule has 5 heteroatoms. The third kappa shape index (κ3) is 2.50. The smallest absolute Gasteiger partial charge is 0.296 e. The zero-order valence-corrected chi connectivity index (χ0v) is 10.0. The number of oxazole rings is 1. The van der Waals surface area contributed by atoms with Crippen LogP contribution in [0.1, 0.15) is 20.3 Å². The standard InChI is InChI=1S/C12H17N3O2/c1-12(2,6-7-16)15-11-14-10-8(13)4-3-5-9(10)17-11/h3-5,16H,6-7,13H2,1-2H3,(H,14,15). The minimum atomic E-state index is -0.273. The van der Waals surface area contributed by atoms with E-state index in [1.807, 2.05) is 26.0 Å². The summed E-state index contributed by atoms with van der Waals surface area (Å²) in [5.74, 6) is 0. The summed E-state index contributed by atoms with van der Waals surface area (Å²) in [5.41, 5.74) is 7.45. The number of nitrogens with one attached hydrogen (secondary N) is 1. The van der Waals surface area contributed by atoms with Gasteiger partial charge in [0.15, 0.2) is 5.58 Å². The first kappa shape index (κ1) is 11.7. The minimum Gasteiger partial charge on any atom is -0.423 e. The second-order valence-electron chi connectivity index (χ2n) is 4.70. The lowest BCUT2D eigenvalue weighted by molar-refractivity contribution is 0.259. The number of aliphatic hydroxyl groups excluding tert-OH is 1. The number of anilines is 2. The van der Waals surface area contributed by atoms with Crippen LogP contribution in [0.4, 0.5) is 11.7 Å². The van der Waals surface area contributed by atoms with Gasteiger partial charge in [0.25, 0.3) is 6.01 Å². The molecule has 92 valence electrons. The molecule has 0 spiro atoms. The molecule has 1 aromatic carbocycles. The second kappa shape index (κ2) is 4.25. The lowest BCUT2D eigenvalue weighted by Gasteiger charge is -2.23. The highest BCUT2D eigenvalue weighted by Gasteiger charge is 2.19. The van der Waals surface area contributed by atoms with Crippen molar-refractivity contribution in [2.24, 2.45) is 0 Å². The molecule has 1 heterocycles. The predicted molar refractivity (Wildman–Crippen MR) is 67.8 cm³/mol. The van der Waals surface area contributed by atoms with Gasteiger partial charge in [-0.05, 0) is 32.4 Å². The van der Waals surface area contributed by atoms with Crippen LogP contribution in [0.15, 0.2) is 22.6 Å². The van der Waals surface area contributed by atoms with Crippen molar-refractivity contribution in [3.8, 4) is 0 Å². The molecular formula is C12H17N3O2. The highest BCUT2D eigenvalue weighted by atomic mass is 16.4. The van der Waals surface area contributed by atoms with Crippen molar-refractivity contribution in [3.05, 3.63) is 18.2 Å². The Bertz CT molecular complexity index is 519. The average molecular weight is 235 g/mol. The van der Waals surface area contributed by atoms with E-state index in [0.29, 0.717) is 29.2 Å². The number of hydrogen-bond acceptors (Lipinski definition) is 5. The van der Waals surface area contributed by atoms with Gasteiger partial charge >= 0.3 is 0 Å². The Labute approximate surface area is 99.6 Å². The molecule has 0 amide bonds. The summed E-state index contributed by atoms with van der Waals surface area (Å²) in [6, 6.07) is 5.86. The summed E-state index contributed by atoms with van der Waals surface area (Å²) >= 11 is 0. The topological polar surface area (TPSA) is 84.3 Å². The van der Waals surface area contributed by atoms with E-state index >= 15 is 0 Å². The number of nitrogens with two attached hydrogens (primary N) is 1. The molecular weight excluding hydrogens is 218 g/mol. The van der Waals surface area contributed by atoms with Gasteiger partial charge in [-0.2, -0.15) is 4.98 Å². The molecule has 0 fully saturated rings. The van der Waals surface area contributed by atoms with Crippen molar-refractivity contribution in [3.63, 3.8) is 0 Å². The molecule has 1 aromatic heterocycles. The van der Waals surface area contributed by atoms with E-state index in [0.717, 1.165) is 0 Å². The van der Waals surface area contributed by atoms with Crippen LogP contribution in [0, 0.1) is 0 Å². The van der Waals surface area contributed by atoms with Gasteiger partial charge in [-0.15, -0.1) is 0 Å². The van der Waals surface area contributed by atoms with Gasteiger partial charge in [-0.1, -0.05) is 6.07 Å². The Morgan fingerprint density at radius 3 is 2.88 bits per heavy atom. The fourth-order valence-electron chi connectivity index (χ4n) is 1.65. The summed E-state index contributed by atoms with van der Waals surface area (Å²) in [6.07, 6.45) is 0.612. The Morgan fingerprint density at radius 2 is 2.24 bits per heavy atom. The molecule has 0 radical (unpaired) electrons. The van der Waals surface area contributed by atoms with Crippen molar-refractivity contribution in [1.29, 1.82) is 0 Å². The van der Waals surface area contributed by atoms with E-state index in [9.17, 15) is 0 Å². The van der Waals surface area contributed by atoms with Crippen molar-refractivity contribution >= 4 is 22.8 Å². The molecule has 0 saturated heterocycles. The van der Waals surface area contributed by atoms with Crippen LogP contribution >= 0.6 is 0 Å². The van der Waals surface area contributed by atoms with E-state index in [1.54, 1.807) is 6.07 Å². The molecule has 0 aliphatic heterocycles. The highest BCUT2D eigenvalue weighted by Crippen LogP contribution is 2.25. The fraction of sp³-hybridized carbons (Fsp3) is 0.417. The lowest BCUT2D eigenvalue weighted by atomic mass is 10.0. The van der Waals surface area contributed by atoms with E-state index in [4.69, 9.17) is 15.3 Å². The first-order chi connectivity index (χ1) is 8.02. The normalized spacial score (nSPS) is 11.9. The highest BCUT2D eigenvalue weighted by molar-refractivity contribution is 5.86. The molecule has 0 unspecified atom stereocenters. The molecule has 0 aliphatic rings. The number of aromatic nitrogens is 1. The Morgan fingerprint density at radius 1 is 1.47 bits per heavy atom. The molecule has 5 nitrogen and oxygen atoms in total. The Kier molecular flexibility index (Phi) is 2.93. The number of fused-ring (bicyclic) bond motifs is 1. The zero-order chi connectivity index (χ0) is 12.5. The summed E-state index contributed by atoms with van der Waals surface area (Å²) < 4.78 is 5.55. The minimum absolute atomic E-state index is 0.113. The van der Waals surface area contributed by atoms with Crippen LogP contribution in [-0.4, -0.2) is 22.2 Å². The molecule has 0 aliphatic carbocycles. The molecule has 0 saturated carbocycles. The number of nitrogens with zero attached hydrogens (tertiary/aromatic N) is 1. The van der Waals surface area contributed by atoms with Crippen molar-refractivity contribution in [2.75, 3.05) is 17.7 Å². The van der Waals surface area contributed by atoms with Crippen LogP contribution in [0.25, 0.3) is 11.1 Å². The molecule has 0 bridgehead atoms. The van der Waals surface area contributed by atoms with Crippen LogP contribution in [0.3, 0.4) is 0 Å². The fourth-order valence-corrected chi connectivity index (χ4v) is 1.65. The van der Waals surface area contributed by atoms with E-state index in [1.165, 1.54) is 0 Å². The largest absolute Gasteiger partial charge is 0.423 e. The Hall–Kier alpha value is -1.75. The number of aliphatic hydroxyl groups is 1. The third-order valence-corrected chi connectivity index (χ3v) is 2.63. The zero-order valence-electron chi connectivity index (χ0n) is 10.0. The molecule has 17 heavy (non-hydrogen) atoms. The van der Waals surface area contributed by atoms with E-state index in [2.05, 4.69) is 10.3 Å². The predicted octanol–water partition coefficient (Wildman–Crippen LogP) is 1.98. The van der Waals surface area contributed by atoms with Gasteiger partial charge in [0.05, 0.1) is 5.69 Å². The van der Waals surface area contributed by atoms with Crippen molar-refractivity contribution < 1.29 is 9.52 Å². The number of para-hydroxylation sites is 1. The maximum Gasteiger partial charge on any atom is 0.296 e. The maximum absolute atomic E-state index is 8.95. The summed E-state index contributed by atoms with van der Waals surface area (Å²) in [5, 5.41) is 12.1. The maximum atomic E-state index is 8.95. The van der Waals surface area contributed by atoms with Gasteiger partial charge in [0.2, 0.25) is 0 Å². The monoisotopic (exact) mass is 235 g/mol. The first-order valence-electron chi connectivity index (χ1n) is 5.56.